The molecule has 1 saturated heterocycles. The molecule has 1 aliphatic heterocycles. The van der Waals surface area contributed by atoms with E-state index in [1.165, 1.54) is 43.5 Å². The van der Waals surface area contributed by atoms with Gasteiger partial charge >= 0.3 is 0 Å². The van der Waals surface area contributed by atoms with Crippen LogP contribution in [-0.2, 0) is 13.0 Å². The Morgan fingerprint density at radius 3 is 2.07 bits per heavy atom. The molecular formula is C25H27NO. The standard InChI is InChI=1S/C25H27NO/c1-3-8-21(9-4-1)18-22-14-16-26(17-15-22)20-23-10-7-13-25(19-23)27-24-11-5-2-6-12-24/h1-13,19,22H,14-18,20H2. The molecule has 1 fully saturated rings. The Kier molecular flexibility index (Phi) is 5.86. The minimum absolute atomic E-state index is 0.816. The second-order valence-electron chi connectivity index (χ2n) is 7.47. The summed E-state index contributed by atoms with van der Waals surface area (Å²) in [7, 11) is 0. The van der Waals surface area contributed by atoms with Crippen molar-refractivity contribution in [2.24, 2.45) is 5.92 Å². The number of hydrogen-bond donors (Lipinski definition) is 0. The molecule has 4 rings (SSSR count). The van der Waals surface area contributed by atoms with Crippen molar-refractivity contribution in [1.29, 1.82) is 0 Å². The van der Waals surface area contributed by atoms with Crippen LogP contribution in [0.1, 0.15) is 24.0 Å². The van der Waals surface area contributed by atoms with Crippen molar-refractivity contribution in [2.75, 3.05) is 13.1 Å². The van der Waals surface area contributed by atoms with Crippen LogP contribution in [-0.4, -0.2) is 18.0 Å². The SMILES string of the molecule is c1ccc(CC2CCN(Cc3cccc(Oc4ccccc4)c3)CC2)cc1. The summed E-state index contributed by atoms with van der Waals surface area (Å²) in [5.74, 6) is 2.62. The van der Waals surface area contributed by atoms with Gasteiger partial charge < -0.3 is 4.74 Å². The van der Waals surface area contributed by atoms with Gasteiger partial charge in [0.2, 0.25) is 0 Å². The number of nitrogens with zero attached hydrogens (tertiary/aromatic N) is 1. The van der Waals surface area contributed by atoms with Gasteiger partial charge in [-0.3, -0.25) is 4.90 Å². The summed E-state index contributed by atoms with van der Waals surface area (Å²) in [6.07, 6.45) is 3.79. The first kappa shape index (κ1) is 17.8. The monoisotopic (exact) mass is 357 g/mol. The van der Waals surface area contributed by atoms with Crippen molar-refractivity contribution in [2.45, 2.75) is 25.8 Å². The van der Waals surface area contributed by atoms with E-state index in [1.807, 2.05) is 36.4 Å². The van der Waals surface area contributed by atoms with E-state index in [0.717, 1.165) is 24.0 Å². The molecule has 0 N–H and O–H groups in total. The van der Waals surface area contributed by atoms with Gasteiger partial charge in [-0.1, -0.05) is 60.7 Å². The van der Waals surface area contributed by atoms with E-state index in [4.69, 9.17) is 4.74 Å². The molecule has 0 amide bonds. The third-order valence-electron chi connectivity index (χ3n) is 5.36. The Bertz CT molecular complexity index is 823. The van der Waals surface area contributed by atoms with Gasteiger partial charge in [-0.25, -0.2) is 0 Å². The normalized spacial score (nSPS) is 15.6. The number of para-hydroxylation sites is 1. The first-order valence-electron chi connectivity index (χ1n) is 9.93. The Balaban J connectivity index is 1.29. The summed E-state index contributed by atoms with van der Waals surface area (Å²) < 4.78 is 5.97. The largest absolute Gasteiger partial charge is 0.457 e. The smallest absolute Gasteiger partial charge is 0.127 e. The van der Waals surface area contributed by atoms with Gasteiger partial charge in [0.05, 0.1) is 0 Å². The van der Waals surface area contributed by atoms with E-state index in [0.29, 0.717) is 0 Å². The topological polar surface area (TPSA) is 12.5 Å². The van der Waals surface area contributed by atoms with Crippen molar-refractivity contribution >= 4 is 0 Å². The summed E-state index contributed by atoms with van der Waals surface area (Å²) in [6, 6.07) is 29.4. The number of likely N-dealkylation sites (tertiary alicyclic amines) is 1. The van der Waals surface area contributed by atoms with Gasteiger partial charge in [0.15, 0.2) is 0 Å². The number of piperidine rings is 1. The summed E-state index contributed by atoms with van der Waals surface area (Å²) in [4.78, 5) is 2.57. The maximum atomic E-state index is 5.97. The van der Waals surface area contributed by atoms with Crippen LogP contribution < -0.4 is 4.74 Å². The third kappa shape index (κ3) is 5.21. The van der Waals surface area contributed by atoms with Gasteiger partial charge in [-0.15, -0.1) is 0 Å². The summed E-state index contributed by atoms with van der Waals surface area (Å²) >= 11 is 0. The Morgan fingerprint density at radius 1 is 0.704 bits per heavy atom. The fourth-order valence-electron chi connectivity index (χ4n) is 3.89. The zero-order valence-electron chi connectivity index (χ0n) is 15.8. The lowest BCUT2D eigenvalue weighted by Crippen LogP contribution is -2.33. The van der Waals surface area contributed by atoms with Crippen LogP contribution in [0.15, 0.2) is 84.9 Å². The fraction of sp³-hybridized carbons (Fsp3) is 0.280. The van der Waals surface area contributed by atoms with E-state index in [1.54, 1.807) is 0 Å². The predicted octanol–water partition coefficient (Wildman–Crippen LogP) is 5.93. The van der Waals surface area contributed by atoms with Crippen LogP contribution in [0.5, 0.6) is 11.5 Å². The molecule has 3 aromatic rings. The average Bonchev–Trinajstić information content (AvgIpc) is 2.71. The molecule has 2 nitrogen and oxygen atoms in total. The number of rotatable bonds is 6. The van der Waals surface area contributed by atoms with E-state index < -0.39 is 0 Å². The van der Waals surface area contributed by atoms with Gasteiger partial charge in [-0.05, 0) is 73.7 Å². The van der Waals surface area contributed by atoms with Gasteiger partial charge in [-0.2, -0.15) is 0 Å². The van der Waals surface area contributed by atoms with Crippen LogP contribution in [0.4, 0.5) is 0 Å². The maximum Gasteiger partial charge on any atom is 0.127 e. The van der Waals surface area contributed by atoms with Crippen LogP contribution >= 0.6 is 0 Å². The first-order valence-corrected chi connectivity index (χ1v) is 9.93. The molecule has 0 bridgehead atoms. The highest BCUT2D eigenvalue weighted by Gasteiger charge is 2.19. The Hall–Kier alpha value is -2.58. The average molecular weight is 357 g/mol. The zero-order valence-corrected chi connectivity index (χ0v) is 15.8. The van der Waals surface area contributed by atoms with Crippen LogP contribution in [0.25, 0.3) is 0 Å². The Morgan fingerprint density at radius 2 is 1.33 bits per heavy atom. The van der Waals surface area contributed by atoms with Gasteiger partial charge in [0, 0.05) is 6.54 Å². The second kappa shape index (κ2) is 8.88. The molecule has 0 saturated carbocycles. The molecule has 0 aromatic heterocycles. The van der Waals surface area contributed by atoms with E-state index >= 15 is 0 Å². The number of ether oxygens (including phenoxy) is 1. The van der Waals surface area contributed by atoms with E-state index in [2.05, 4.69) is 53.4 Å². The Labute approximate surface area is 162 Å². The number of benzene rings is 3. The molecule has 0 aliphatic carbocycles. The molecule has 0 unspecified atom stereocenters. The lowest BCUT2D eigenvalue weighted by atomic mass is 9.90. The molecule has 0 spiro atoms. The van der Waals surface area contributed by atoms with Crippen molar-refractivity contribution in [3.63, 3.8) is 0 Å². The molecule has 3 aromatic carbocycles. The predicted molar refractivity (Wildman–Crippen MR) is 111 cm³/mol. The molecule has 138 valence electrons. The third-order valence-corrected chi connectivity index (χ3v) is 5.36. The second-order valence-corrected chi connectivity index (χ2v) is 7.47. The highest BCUT2D eigenvalue weighted by molar-refractivity contribution is 5.33. The van der Waals surface area contributed by atoms with E-state index in [-0.39, 0.29) is 0 Å². The molecule has 1 aliphatic rings. The van der Waals surface area contributed by atoms with Gasteiger partial charge in [0.25, 0.3) is 0 Å². The highest BCUT2D eigenvalue weighted by Crippen LogP contribution is 2.25. The lowest BCUT2D eigenvalue weighted by Gasteiger charge is -2.32. The van der Waals surface area contributed by atoms with Crippen molar-refractivity contribution < 1.29 is 4.74 Å². The van der Waals surface area contributed by atoms with Crippen LogP contribution in [0.2, 0.25) is 0 Å². The molecule has 27 heavy (non-hydrogen) atoms. The van der Waals surface area contributed by atoms with Crippen molar-refractivity contribution in [1.82, 2.24) is 4.90 Å². The van der Waals surface area contributed by atoms with Crippen LogP contribution in [0.3, 0.4) is 0 Å². The fourth-order valence-corrected chi connectivity index (χ4v) is 3.89. The number of hydrogen-bond acceptors (Lipinski definition) is 2. The summed E-state index contributed by atoms with van der Waals surface area (Å²) in [5.41, 5.74) is 2.80. The quantitative estimate of drug-likeness (QED) is 0.542. The maximum absolute atomic E-state index is 5.97. The molecule has 1 heterocycles. The summed E-state index contributed by atoms with van der Waals surface area (Å²) in [5, 5.41) is 0. The minimum atomic E-state index is 0.816. The minimum Gasteiger partial charge on any atom is -0.457 e. The zero-order chi connectivity index (χ0) is 18.3. The van der Waals surface area contributed by atoms with Crippen molar-refractivity contribution in [3.05, 3.63) is 96.1 Å². The molecule has 0 atom stereocenters. The van der Waals surface area contributed by atoms with Crippen molar-refractivity contribution in [3.8, 4) is 11.5 Å². The molecule has 2 heteroatoms. The lowest BCUT2D eigenvalue weighted by molar-refractivity contribution is 0.177. The van der Waals surface area contributed by atoms with Crippen LogP contribution in [0, 0.1) is 5.92 Å². The first-order chi connectivity index (χ1) is 13.3. The molecule has 0 radical (unpaired) electrons. The summed E-state index contributed by atoms with van der Waals surface area (Å²) in [6.45, 7) is 3.37. The molecular weight excluding hydrogens is 330 g/mol. The van der Waals surface area contributed by atoms with E-state index in [9.17, 15) is 0 Å². The highest BCUT2D eigenvalue weighted by atomic mass is 16.5. The van der Waals surface area contributed by atoms with Gasteiger partial charge in [0.1, 0.15) is 11.5 Å².